The van der Waals surface area contributed by atoms with Crippen LogP contribution in [0.4, 0.5) is 13.2 Å². The van der Waals surface area contributed by atoms with Gasteiger partial charge in [-0.05, 0) is 30.0 Å². The molecule has 8 heteroatoms. The van der Waals surface area contributed by atoms with Crippen LogP contribution in [0.2, 0.25) is 0 Å². The molecule has 1 aliphatic rings. The number of hydrogen-bond donors (Lipinski definition) is 0. The van der Waals surface area contributed by atoms with Gasteiger partial charge in [0.05, 0.1) is 10.2 Å². The number of ketones is 3. The van der Waals surface area contributed by atoms with Crippen LogP contribution < -0.4 is 0 Å². The highest BCUT2D eigenvalue weighted by atomic mass is 32.1. The summed E-state index contributed by atoms with van der Waals surface area (Å²) in [5.74, 6) is -2.91. The first-order valence-electron chi connectivity index (χ1n) is 7.98. The predicted molar refractivity (Wildman–Crippen MR) is 90.2 cm³/mol. The molecule has 1 aromatic carbocycles. The van der Waals surface area contributed by atoms with Crippen molar-refractivity contribution in [1.82, 2.24) is 4.98 Å². The number of halogens is 3. The second-order valence-electron chi connectivity index (χ2n) is 7.35. The maximum Gasteiger partial charge on any atom is 0.443 e. The Bertz CT molecular complexity index is 923. The van der Waals surface area contributed by atoms with Crippen LogP contribution in [-0.4, -0.2) is 22.3 Å². The van der Waals surface area contributed by atoms with Gasteiger partial charge in [0.2, 0.25) is 0 Å². The van der Waals surface area contributed by atoms with E-state index < -0.39 is 39.9 Å². The van der Waals surface area contributed by atoms with Crippen LogP contribution in [0.5, 0.6) is 0 Å². The van der Waals surface area contributed by atoms with E-state index in [1.54, 1.807) is 13.8 Å². The summed E-state index contributed by atoms with van der Waals surface area (Å²) in [6.07, 6.45) is -4.34. The van der Waals surface area contributed by atoms with Crippen LogP contribution in [0.25, 0.3) is 10.2 Å². The molecule has 1 aromatic heterocycles. The molecule has 138 valence electrons. The summed E-state index contributed by atoms with van der Waals surface area (Å²) in [7, 11) is 0. The lowest BCUT2D eigenvalue weighted by Crippen LogP contribution is -2.42. The summed E-state index contributed by atoms with van der Waals surface area (Å²) >= 11 is 0.494. The first kappa shape index (κ1) is 18.7. The normalized spacial score (nSPS) is 18.5. The first-order valence-corrected chi connectivity index (χ1v) is 8.79. The van der Waals surface area contributed by atoms with Gasteiger partial charge >= 0.3 is 6.18 Å². The third-order valence-electron chi connectivity index (χ3n) is 4.53. The van der Waals surface area contributed by atoms with Crippen molar-refractivity contribution in [2.45, 2.75) is 39.8 Å². The van der Waals surface area contributed by atoms with Crippen molar-refractivity contribution in [3.63, 3.8) is 0 Å². The largest absolute Gasteiger partial charge is 0.443 e. The van der Waals surface area contributed by atoms with Crippen LogP contribution in [0.3, 0.4) is 0 Å². The summed E-state index contributed by atoms with van der Waals surface area (Å²) in [5, 5.41) is -0.994. The average Bonchev–Trinajstić information content (AvgIpc) is 2.90. The third kappa shape index (κ3) is 3.18. The Morgan fingerprint density at radius 2 is 1.77 bits per heavy atom. The predicted octanol–water partition coefficient (Wildman–Crippen LogP) is 4.38. The quantitative estimate of drug-likeness (QED) is 0.570. The molecule has 0 amide bonds. The molecule has 26 heavy (non-hydrogen) atoms. The summed E-state index contributed by atoms with van der Waals surface area (Å²) in [6.45, 7) is 5.06. The van der Waals surface area contributed by atoms with Crippen molar-refractivity contribution in [1.29, 1.82) is 0 Å². The lowest BCUT2D eigenvalue weighted by Gasteiger charge is -2.31. The fourth-order valence-corrected chi connectivity index (χ4v) is 4.24. The highest BCUT2D eigenvalue weighted by molar-refractivity contribution is 7.18. The zero-order chi connectivity index (χ0) is 19.4. The molecule has 0 spiro atoms. The molecule has 0 radical (unpaired) electrons. The van der Waals surface area contributed by atoms with E-state index in [4.69, 9.17) is 0 Å². The highest BCUT2D eigenvalue weighted by Gasteiger charge is 2.44. The number of Topliss-reactive ketones (excluding diaryl/α,β-unsaturated/α-hetero) is 3. The maximum atomic E-state index is 12.9. The molecule has 4 nitrogen and oxygen atoms in total. The van der Waals surface area contributed by atoms with Crippen molar-refractivity contribution in [2.24, 2.45) is 11.3 Å². The number of aromatic nitrogens is 1. The molecule has 1 aliphatic carbocycles. The lowest BCUT2D eigenvalue weighted by atomic mass is 9.69. The Morgan fingerprint density at radius 3 is 2.31 bits per heavy atom. The van der Waals surface area contributed by atoms with Crippen molar-refractivity contribution in [2.75, 3.05) is 0 Å². The van der Waals surface area contributed by atoms with Crippen LogP contribution in [0, 0.1) is 18.3 Å². The highest BCUT2D eigenvalue weighted by Crippen LogP contribution is 2.38. The number of nitrogens with zero attached hydrogens (tertiary/aromatic N) is 1. The van der Waals surface area contributed by atoms with Gasteiger partial charge < -0.3 is 0 Å². The minimum Gasteiger partial charge on any atom is -0.298 e. The number of carbonyl (C=O) groups excluding carboxylic acids is 3. The number of hydrogen-bond acceptors (Lipinski definition) is 5. The van der Waals surface area contributed by atoms with E-state index in [1.165, 1.54) is 19.1 Å². The Hall–Kier alpha value is -2.09. The maximum absolute atomic E-state index is 12.9. The summed E-state index contributed by atoms with van der Waals surface area (Å²) < 4.78 is 38.9. The summed E-state index contributed by atoms with van der Waals surface area (Å²) in [4.78, 5) is 41.1. The molecule has 1 fully saturated rings. The van der Waals surface area contributed by atoms with E-state index in [0.717, 1.165) is 0 Å². The van der Waals surface area contributed by atoms with E-state index in [1.807, 2.05) is 0 Å². The van der Waals surface area contributed by atoms with Gasteiger partial charge in [-0.15, -0.1) is 11.3 Å². The zero-order valence-corrected chi connectivity index (χ0v) is 15.2. The Balaban J connectivity index is 2.03. The van der Waals surface area contributed by atoms with Gasteiger partial charge in [0.25, 0.3) is 0 Å². The van der Waals surface area contributed by atoms with E-state index >= 15 is 0 Å². The molecular weight excluding hydrogens is 367 g/mol. The Morgan fingerprint density at radius 1 is 1.19 bits per heavy atom. The molecule has 2 aromatic rings. The molecule has 3 rings (SSSR count). The Labute approximate surface area is 151 Å². The fourth-order valence-electron chi connectivity index (χ4n) is 3.35. The average molecular weight is 383 g/mol. The lowest BCUT2D eigenvalue weighted by molar-refractivity contribution is -0.138. The second-order valence-corrected chi connectivity index (χ2v) is 8.38. The van der Waals surface area contributed by atoms with Crippen molar-refractivity contribution < 1.29 is 27.6 Å². The molecule has 0 bridgehead atoms. The monoisotopic (exact) mass is 383 g/mol. The molecule has 0 N–H and O–H groups in total. The molecule has 0 atom stereocenters. The van der Waals surface area contributed by atoms with Gasteiger partial charge in [0.1, 0.15) is 5.92 Å². The van der Waals surface area contributed by atoms with Crippen LogP contribution >= 0.6 is 11.3 Å². The minimum absolute atomic E-state index is 0.0722. The summed E-state index contributed by atoms with van der Waals surface area (Å²) in [5.41, 5.74) is -0.0858. The minimum atomic E-state index is -4.57. The van der Waals surface area contributed by atoms with Gasteiger partial charge in [0, 0.05) is 18.4 Å². The van der Waals surface area contributed by atoms with Gasteiger partial charge in [-0.3, -0.25) is 14.4 Å². The van der Waals surface area contributed by atoms with E-state index in [0.29, 0.717) is 16.0 Å². The van der Waals surface area contributed by atoms with Gasteiger partial charge in [-0.25, -0.2) is 4.98 Å². The standard InChI is InChI=1S/C18H16F3NO3S/c1-8-9(4-5-12-14(8)22-16(26-12)18(19,20)21)15(25)13-10(23)6-17(2,3)7-11(13)24/h4-5,13H,6-7H2,1-3H3. The number of alkyl halides is 3. The number of rotatable bonds is 2. The van der Waals surface area contributed by atoms with Gasteiger partial charge in [-0.1, -0.05) is 13.8 Å². The van der Waals surface area contributed by atoms with Gasteiger partial charge in [-0.2, -0.15) is 13.2 Å². The first-order chi connectivity index (χ1) is 11.9. The van der Waals surface area contributed by atoms with Crippen LogP contribution in [0.15, 0.2) is 12.1 Å². The van der Waals surface area contributed by atoms with Crippen LogP contribution in [-0.2, 0) is 15.8 Å². The fraction of sp³-hybridized carbons (Fsp3) is 0.444. The van der Waals surface area contributed by atoms with Crippen LogP contribution in [0.1, 0.15) is 47.6 Å². The second kappa shape index (κ2) is 5.97. The number of aryl methyl sites for hydroxylation is 1. The number of carbonyl (C=O) groups is 3. The Kier molecular flexibility index (Phi) is 4.29. The summed E-state index contributed by atoms with van der Waals surface area (Å²) in [6, 6.07) is 2.75. The molecule has 1 saturated carbocycles. The number of fused-ring (bicyclic) bond motifs is 1. The van der Waals surface area contributed by atoms with E-state index in [9.17, 15) is 27.6 Å². The zero-order valence-electron chi connectivity index (χ0n) is 14.4. The molecule has 1 heterocycles. The molecule has 0 saturated heterocycles. The van der Waals surface area contributed by atoms with Gasteiger partial charge in [0.15, 0.2) is 22.4 Å². The van der Waals surface area contributed by atoms with Crippen molar-refractivity contribution in [3.8, 4) is 0 Å². The molecular formula is C18H16F3NO3S. The topological polar surface area (TPSA) is 64.1 Å². The third-order valence-corrected chi connectivity index (χ3v) is 5.60. The van der Waals surface area contributed by atoms with Crippen molar-refractivity contribution in [3.05, 3.63) is 28.3 Å². The smallest absolute Gasteiger partial charge is 0.298 e. The molecule has 0 aliphatic heterocycles. The van der Waals surface area contributed by atoms with E-state index in [2.05, 4.69) is 4.98 Å². The van der Waals surface area contributed by atoms with Crippen molar-refractivity contribution >= 4 is 38.9 Å². The number of thiazole rings is 1. The van der Waals surface area contributed by atoms with E-state index in [-0.39, 0.29) is 29.5 Å². The molecule has 0 unspecified atom stereocenters. The number of benzene rings is 1. The SMILES string of the molecule is Cc1c(C(=O)C2C(=O)CC(C)(C)CC2=O)ccc2sc(C(F)(F)F)nc12.